The molecule has 0 aliphatic carbocycles. The summed E-state index contributed by atoms with van der Waals surface area (Å²) in [5.41, 5.74) is 0.533. The fourth-order valence-electron chi connectivity index (χ4n) is 2.27. The SMILES string of the molecule is CCCN1CC(=O)N(Cc2ccc(C#N)cc2F)CC1=O. The molecule has 21 heavy (non-hydrogen) atoms. The summed E-state index contributed by atoms with van der Waals surface area (Å²) >= 11 is 0. The van der Waals surface area contributed by atoms with E-state index in [9.17, 15) is 14.0 Å². The largest absolute Gasteiger partial charge is 0.332 e. The maximum Gasteiger partial charge on any atom is 0.242 e. The van der Waals surface area contributed by atoms with Gasteiger partial charge in [-0.25, -0.2) is 4.39 Å². The van der Waals surface area contributed by atoms with Crippen LogP contribution in [0.25, 0.3) is 0 Å². The third-order valence-electron chi connectivity index (χ3n) is 3.39. The summed E-state index contributed by atoms with van der Waals surface area (Å²) in [4.78, 5) is 26.8. The summed E-state index contributed by atoms with van der Waals surface area (Å²) in [5, 5.41) is 8.70. The Morgan fingerprint density at radius 1 is 1.24 bits per heavy atom. The van der Waals surface area contributed by atoms with Crippen LogP contribution in [-0.4, -0.2) is 41.2 Å². The number of carbonyl (C=O) groups excluding carboxylic acids is 2. The van der Waals surface area contributed by atoms with E-state index in [2.05, 4.69) is 0 Å². The van der Waals surface area contributed by atoms with Crippen molar-refractivity contribution < 1.29 is 14.0 Å². The number of nitriles is 1. The van der Waals surface area contributed by atoms with Crippen molar-refractivity contribution in [1.82, 2.24) is 9.80 Å². The van der Waals surface area contributed by atoms with Crippen LogP contribution >= 0.6 is 0 Å². The number of nitrogens with zero attached hydrogens (tertiary/aromatic N) is 3. The smallest absolute Gasteiger partial charge is 0.242 e. The minimum atomic E-state index is -0.537. The van der Waals surface area contributed by atoms with Crippen LogP contribution in [0.4, 0.5) is 4.39 Å². The summed E-state index contributed by atoms with van der Waals surface area (Å²) in [5.74, 6) is -0.845. The number of rotatable bonds is 4. The topological polar surface area (TPSA) is 64.4 Å². The van der Waals surface area contributed by atoms with Crippen LogP contribution in [0.5, 0.6) is 0 Å². The van der Waals surface area contributed by atoms with Gasteiger partial charge in [0, 0.05) is 18.7 Å². The lowest BCUT2D eigenvalue weighted by molar-refractivity contribution is -0.150. The first-order valence-electron chi connectivity index (χ1n) is 6.79. The summed E-state index contributed by atoms with van der Waals surface area (Å²) < 4.78 is 13.8. The third-order valence-corrected chi connectivity index (χ3v) is 3.39. The Morgan fingerprint density at radius 2 is 1.90 bits per heavy atom. The van der Waals surface area contributed by atoms with Gasteiger partial charge in [0.1, 0.15) is 12.4 Å². The average molecular weight is 289 g/mol. The lowest BCUT2D eigenvalue weighted by Gasteiger charge is -2.33. The average Bonchev–Trinajstić information content (AvgIpc) is 2.46. The first kappa shape index (κ1) is 15.0. The highest BCUT2D eigenvalue weighted by Crippen LogP contribution is 2.15. The minimum Gasteiger partial charge on any atom is -0.332 e. The quantitative estimate of drug-likeness (QED) is 0.838. The number of halogens is 1. The van der Waals surface area contributed by atoms with E-state index in [0.29, 0.717) is 12.1 Å². The van der Waals surface area contributed by atoms with Gasteiger partial charge in [0.15, 0.2) is 0 Å². The first-order valence-corrected chi connectivity index (χ1v) is 6.79. The number of piperazine rings is 1. The molecule has 1 fully saturated rings. The monoisotopic (exact) mass is 289 g/mol. The second-order valence-electron chi connectivity index (χ2n) is 4.98. The van der Waals surface area contributed by atoms with Crippen molar-refractivity contribution in [3.05, 3.63) is 35.1 Å². The molecule has 0 aromatic heterocycles. The molecule has 2 rings (SSSR count). The summed E-state index contributed by atoms with van der Waals surface area (Å²) in [7, 11) is 0. The van der Waals surface area contributed by atoms with Gasteiger partial charge in [0.2, 0.25) is 11.8 Å². The summed E-state index contributed by atoms with van der Waals surface area (Å²) in [6.45, 7) is 2.56. The highest BCUT2D eigenvalue weighted by atomic mass is 19.1. The molecule has 1 heterocycles. The van der Waals surface area contributed by atoms with E-state index in [-0.39, 0.29) is 37.0 Å². The molecule has 0 bridgehead atoms. The maximum atomic E-state index is 13.8. The molecule has 1 aromatic rings. The van der Waals surface area contributed by atoms with Crippen LogP contribution in [0.15, 0.2) is 18.2 Å². The van der Waals surface area contributed by atoms with Crippen molar-refractivity contribution in [2.24, 2.45) is 0 Å². The van der Waals surface area contributed by atoms with Gasteiger partial charge in [-0.1, -0.05) is 13.0 Å². The molecule has 2 amide bonds. The first-order chi connectivity index (χ1) is 10.0. The van der Waals surface area contributed by atoms with Crippen LogP contribution in [0, 0.1) is 17.1 Å². The van der Waals surface area contributed by atoms with Crippen molar-refractivity contribution in [3.63, 3.8) is 0 Å². The molecule has 1 aliphatic rings. The van der Waals surface area contributed by atoms with E-state index in [1.807, 2.05) is 13.0 Å². The lowest BCUT2D eigenvalue weighted by atomic mass is 10.1. The normalized spacial score (nSPS) is 15.3. The Bertz CT molecular complexity index is 609. The van der Waals surface area contributed by atoms with Crippen LogP contribution in [0.3, 0.4) is 0 Å². The van der Waals surface area contributed by atoms with Gasteiger partial charge in [0.05, 0.1) is 18.2 Å². The van der Waals surface area contributed by atoms with Crippen LogP contribution < -0.4 is 0 Å². The van der Waals surface area contributed by atoms with Crippen LogP contribution in [0.1, 0.15) is 24.5 Å². The van der Waals surface area contributed by atoms with Crippen molar-refractivity contribution in [2.45, 2.75) is 19.9 Å². The molecule has 1 aliphatic heterocycles. The number of carbonyl (C=O) groups is 2. The summed E-state index contributed by atoms with van der Waals surface area (Å²) in [6, 6.07) is 5.96. The second kappa shape index (κ2) is 6.35. The van der Waals surface area contributed by atoms with E-state index in [1.54, 1.807) is 0 Å². The second-order valence-corrected chi connectivity index (χ2v) is 4.98. The Labute approximate surface area is 122 Å². The molecule has 0 N–H and O–H groups in total. The Kier molecular flexibility index (Phi) is 4.53. The highest BCUT2D eigenvalue weighted by Gasteiger charge is 2.29. The third kappa shape index (κ3) is 3.37. The zero-order valence-electron chi connectivity index (χ0n) is 11.8. The fourth-order valence-corrected chi connectivity index (χ4v) is 2.27. The van der Waals surface area contributed by atoms with Gasteiger partial charge < -0.3 is 9.80 Å². The molecule has 0 atom stereocenters. The van der Waals surface area contributed by atoms with Crippen molar-refractivity contribution in [3.8, 4) is 6.07 Å². The zero-order valence-corrected chi connectivity index (χ0v) is 11.8. The predicted octanol–water partition coefficient (Wildman–Crippen LogP) is 1.28. The van der Waals surface area contributed by atoms with Gasteiger partial charge in [0.25, 0.3) is 0 Å². The van der Waals surface area contributed by atoms with E-state index < -0.39 is 5.82 Å². The zero-order chi connectivity index (χ0) is 15.4. The van der Waals surface area contributed by atoms with Gasteiger partial charge in [-0.15, -0.1) is 0 Å². The molecule has 110 valence electrons. The molecular weight excluding hydrogens is 273 g/mol. The molecule has 5 nitrogen and oxygen atoms in total. The molecule has 1 aromatic carbocycles. The standard InChI is InChI=1S/C15H16FN3O2/c1-2-5-18-9-15(21)19(10-14(18)20)8-12-4-3-11(7-17)6-13(12)16/h3-4,6H,2,5,8-10H2,1H3. The van der Waals surface area contributed by atoms with Gasteiger partial charge in [-0.2, -0.15) is 5.26 Å². The van der Waals surface area contributed by atoms with E-state index >= 15 is 0 Å². The Balaban J connectivity index is 2.09. The molecule has 0 unspecified atom stereocenters. The molecule has 6 heteroatoms. The van der Waals surface area contributed by atoms with Gasteiger partial charge in [-0.05, 0) is 18.6 Å². The maximum absolute atomic E-state index is 13.8. The highest BCUT2D eigenvalue weighted by molar-refractivity contribution is 5.92. The molecule has 0 radical (unpaired) electrons. The van der Waals surface area contributed by atoms with Crippen molar-refractivity contribution in [1.29, 1.82) is 5.26 Å². The van der Waals surface area contributed by atoms with Crippen LogP contribution in [-0.2, 0) is 16.1 Å². The lowest BCUT2D eigenvalue weighted by Crippen LogP contribution is -2.53. The number of hydrogen-bond donors (Lipinski definition) is 0. The minimum absolute atomic E-state index is 0.0295. The van der Waals surface area contributed by atoms with Gasteiger partial charge in [-0.3, -0.25) is 9.59 Å². The van der Waals surface area contributed by atoms with Gasteiger partial charge >= 0.3 is 0 Å². The van der Waals surface area contributed by atoms with E-state index in [4.69, 9.17) is 5.26 Å². The predicted molar refractivity (Wildman–Crippen MR) is 73.4 cm³/mol. The molecular formula is C15H16FN3O2. The molecule has 1 saturated heterocycles. The Hall–Kier alpha value is -2.42. The van der Waals surface area contributed by atoms with Crippen molar-refractivity contribution in [2.75, 3.05) is 19.6 Å². The Morgan fingerprint density at radius 3 is 2.52 bits per heavy atom. The van der Waals surface area contributed by atoms with E-state index in [1.165, 1.54) is 21.9 Å². The number of hydrogen-bond acceptors (Lipinski definition) is 3. The number of amides is 2. The fraction of sp³-hybridized carbons (Fsp3) is 0.400. The summed E-state index contributed by atoms with van der Waals surface area (Å²) in [6.07, 6.45) is 0.795. The molecule has 0 spiro atoms. The van der Waals surface area contributed by atoms with Crippen LogP contribution in [0.2, 0.25) is 0 Å². The van der Waals surface area contributed by atoms with Crippen molar-refractivity contribution >= 4 is 11.8 Å². The molecule has 0 saturated carbocycles. The van der Waals surface area contributed by atoms with E-state index in [0.717, 1.165) is 12.5 Å². The number of benzene rings is 1.